The third kappa shape index (κ3) is 2.03. The van der Waals surface area contributed by atoms with Crippen LogP contribution < -0.4 is 0 Å². The van der Waals surface area contributed by atoms with Gasteiger partial charge in [-0.2, -0.15) is 0 Å². The van der Waals surface area contributed by atoms with Crippen molar-refractivity contribution in [2.24, 2.45) is 23.2 Å². The Morgan fingerprint density at radius 1 is 1.20 bits per heavy atom. The highest BCUT2D eigenvalue weighted by Crippen LogP contribution is 2.54. The third-order valence-corrected chi connectivity index (χ3v) is 5.06. The predicted octanol–water partition coefficient (Wildman–Crippen LogP) is 1.54. The minimum atomic E-state index is -0.307. The van der Waals surface area contributed by atoms with Crippen LogP contribution in [0.4, 0.5) is 0 Å². The number of hydrogen-bond donors (Lipinski definition) is 0. The molecule has 0 aromatic rings. The lowest BCUT2D eigenvalue weighted by Gasteiger charge is -2.58. The van der Waals surface area contributed by atoms with E-state index < -0.39 is 0 Å². The summed E-state index contributed by atoms with van der Waals surface area (Å²) in [7, 11) is 1.35. The van der Waals surface area contributed by atoms with Crippen LogP contribution in [0.3, 0.4) is 0 Å². The lowest BCUT2D eigenvalue weighted by Crippen LogP contribution is -2.65. The summed E-state index contributed by atoms with van der Waals surface area (Å²) in [5.41, 5.74) is -0.129. The van der Waals surface area contributed by atoms with E-state index in [1.807, 2.05) is 0 Å². The van der Waals surface area contributed by atoms with E-state index in [2.05, 4.69) is 18.6 Å². The molecule has 5 nitrogen and oxygen atoms in total. The van der Waals surface area contributed by atoms with Crippen molar-refractivity contribution in [3.63, 3.8) is 0 Å². The number of carbonyl (C=O) groups excluding carboxylic acids is 2. The number of fused-ring (bicyclic) bond motifs is 1. The number of hydrogen-bond acceptors (Lipinski definition) is 5. The molecule has 0 amide bonds. The second-order valence-electron chi connectivity index (χ2n) is 6.75. The van der Waals surface area contributed by atoms with E-state index in [0.717, 1.165) is 19.4 Å². The summed E-state index contributed by atoms with van der Waals surface area (Å²) >= 11 is 0. The minimum Gasteiger partial charge on any atom is -0.469 e. The van der Waals surface area contributed by atoms with Gasteiger partial charge in [0.05, 0.1) is 25.0 Å². The molecule has 0 N–H and O–H groups in total. The first-order valence-corrected chi connectivity index (χ1v) is 7.36. The van der Waals surface area contributed by atoms with Gasteiger partial charge in [0.1, 0.15) is 6.10 Å². The maximum Gasteiger partial charge on any atom is 0.310 e. The summed E-state index contributed by atoms with van der Waals surface area (Å²) in [5.74, 6) is -0.838. The van der Waals surface area contributed by atoms with Crippen molar-refractivity contribution in [3.05, 3.63) is 0 Å². The molecule has 0 radical (unpaired) electrons. The van der Waals surface area contributed by atoms with E-state index in [1.54, 1.807) is 0 Å². The molecule has 20 heavy (non-hydrogen) atoms. The molecule has 3 fully saturated rings. The first-order chi connectivity index (χ1) is 9.46. The standard InChI is InChI=1S/C15H22O5/c1-15(2)11-8(5-4-6-19-11)12(15)20-14(17)10-7-9(10)13(16)18-3/h8-12H,4-7H2,1-3H3/t8-,9+,10-,11+,12+/m0/s1. The minimum absolute atomic E-state index is 0.0841. The highest BCUT2D eigenvalue weighted by atomic mass is 16.6. The van der Waals surface area contributed by atoms with Gasteiger partial charge in [-0.05, 0) is 19.3 Å². The Balaban J connectivity index is 1.58. The van der Waals surface area contributed by atoms with Gasteiger partial charge in [-0.3, -0.25) is 9.59 Å². The van der Waals surface area contributed by atoms with Crippen LogP contribution in [-0.4, -0.2) is 37.9 Å². The van der Waals surface area contributed by atoms with E-state index in [9.17, 15) is 9.59 Å². The van der Waals surface area contributed by atoms with Gasteiger partial charge in [-0.25, -0.2) is 0 Å². The normalized spacial score (nSPS) is 41.0. The zero-order valence-corrected chi connectivity index (χ0v) is 12.3. The van der Waals surface area contributed by atoms with E-state index in [4.69, 9.17) is 9.47 Å². The fourth-order valence-corrected chi connectivity index (χ4v) is 3.80. The van der Waals surface area contributed by atoms with Gasteiger partial charge in [0.2, 0.25) is 0 Å². The highest BCUT2D eigenvalue weighted by Gasteiger charge is 2.61. The van der Waals surface area contributed by atoms with Crippen LogP contribution in [-0.2, 0) is 23.8 Å². The molecule has 0 spiro atoms. The van der Waals surface area contributed by atoms with Gasteiger partial charge in [0.25, 0.3) is 0 Å². The van der Waals surface area contributed by atoms with Crippen LogP contribution in [0.2, 0.25) is 0 Å². The number of esters is 2. The van der Waals surface area contributed by atoms with E-state index in [0.29, 0.717) is 12.3 Å². The van der Waals surface area contributed by atoms with Gasteiger partial charge >= 0.3 is 11.9 Å². The van der Waals surface area contributed by atoms with Crippen molar-refractivity contribution in [2.75, 3.05) is 13.7 Å². The summed E-state index contributed by atoms with van der Waals surface area (Å²) in [6.45, 7) is 4.97. The summed E-state index contributed by atoms with van der Waals surface area (Å²) < 4.78 is 16.1. The molecular formula is C15H22O5. The van der Waals surface area contributed by atoms with Crippen molar-refractivity contribution >= 4 is 11.9 Å². The zero-order valence-electron chi connectivity index (χ0n) is 12.3. The Hall–Kier alpha value is -1.10. The van der Waals surface area contributed by atoms with Gasteiger partial charge < -0.3 is 14.2 Å². The fraction of sp³-hybridized carbons (Fsp3) is 0.867. The van der Waals surface area contributed by atoms with Crippen molar-refractivity contribution in [3.8, 4) is 0 Å². The summed E-state index contributed by atoms with van der Waals surface area (Å²) in [6.07, 6.45) is 2.75. The van der Waals surface area contributed by atoms with Crippen LogP contribution in [0, 0.1) is 23.2 Å². The van der Waals surface area contributed by atoms with Crippen LogP contribution in [0.5, 0.6) is 0 Å². The Kier molecular flexibility index (Phi) is 3.27. The third-order valence-electron chi connectivity index (χ3n) is 5.06. The lowest BCUT2D eigenvalue weighted by atomic mass is 9.57. The average Bonchev–Trinajstić information content (AvgIpc) is 3.24. The van der Waals surface area contributed by atoms with Gasteiger partial charge in [-0.15, -0.1) is 0 Å². The van der Waals surface area contributed by atoms with E-state index in [1.165, 1.54) is 7.11 Å². The predicted molar refractivity (Wildman–Crippen MR) is 69.7 cm³/mol. The highest BCUT2D eigenvalue weighted by molar-refractivity contribution is 5.87. The molecule has 0 aromatic carbocycles. The Morgan fingerprint density at radius 2 is 1.90 bits per heavy atom. The first-order valence-electron chi connectivity index (χ1n) is 7.36. The maximum atomic E-state index is 12.1. The molecule has 0 bridgehead atoms. The monoisotopic (exact) mass is 282 g/mol. The number of ether oxygens (including phenoxy) is 3. The van der Waals surface area contributed by atoms with Crippen molar-refractivity contribution in [2.45, 2.75) is 45.3 Å². The topological polar surface area (TPSA) is 61.8 Å². The average molecular weight is 282 g/mol. The zero-order chi connectivity index (χ0) is 14.5. The number of methoxy groups -OCH3 is 1. The molecule has 5 heteroatoms. The SMILES string of the molecule is COC(=O)[C@@H]1C[C@@H]1C(=O)O[C@@H]1[C@H]2CCCO[C@H]2C1(C)C. The molecule has 3 rings (SSSR count). The molecule has 0 unspecified atom stereocenters. The second kappa shape index (κ2) is 4.72. The second-order valence-corrected chi connectivity index (χ2v) is 6.75. The molecular weight excluding hydrogens is 260 g/mol. The lowest BCUT2D eigenvalue weighted by molar-refractivity contribution is -0.255. The maximum absolute atomic E-state index is 12.1. The summed E-state index contributed by atoms with van der Waals surface area (Å²) in [5, 5.41) is 0. The fourth-order valence-electron chi connectivity index (χ4n) is 3.80. The summed E-state index contributed by atoms with van der Waals surface area (Å²) in [4.78, 5) is 23.5. The molecule has 112 valence electrons. The molecule has 5 atom stereocenters. The largest absolute Gasteiger partial charge is 0.469 e. The van der Waals surface area contributed by atoms with Crippen LogP contribution in [0.15, 0.2) is 0 Å². The molecule has 1 heterocycles. The van der Waals surface area contributed by atoms with E-state index in [-0.39, 0.29) is 41.4 Å². The van der Waals surface area contributed by atoms with Gasteiger partial charge in [0.15, 0.2) is 0 Å². The van der Waals surface area contributed by atoms with Gasteiger partial charge in [-0.1, -0.05) is 13.8 Å². The van der Waals surface area contributed by atoms with Crippen molar-refractivity contribution in [1.29, 1.82) is 0 Å². The van der Waals surface area contributed by atoms with Crippen LogP contribution in [0.1, 0.15) is 33.1 Å². The summed E-state index contributed by atoms with van der Waals surface area (Å²) in [6, 6.07) is 0. The van der Waals surface area contributed by atoms with Crippen LogP contribution in [0.25, 0.3) is 0 Å². The molecule has 1 saturated heterocycles. The van der Waals surface area contributed by atoms with Crippen molar-refractivity contribution in [1.82, 2.24) is 0 Å². The number of carbonyl (C=O) groups is 2. The van der Waals surface area contributed by atoms with Crippen LogP contribution >= 0.6 is 0 Å². The smallest absolute Gasteiger partial charge is 0.310 e. The molecule has 2 aliphatic carbocycles. The Bertz CT molecular complexity index is 430. The Morgan fingerprint density at radius 3 is 2.60 bits per heavy atom. The van der Waals surface area contributed by atoms with Crippen molar-refractivity contribution < 1.29 is 23.8 Å². The molecule has 3 aliphatic rings. The molecule has 2 saturated carbocycles. The van der Waals surface area contributed by atoms with Gasteiger partial charge in [0, 0.05) is 17.9 Å². The molecule has 1 aliphatic heterocycles. The molecule has 0 aromatic heterocycles. The Labute approximate surface area is 118 Å². The number of rotatable bonds is 3. The first kappa shape index (κ1) is 13.9. The quantitative estimate of drug-likeness (QED) is 0.735. The van der Waals surface area contributed by atoms with E-state index >= 15 is 0 Å².